The number of allylic oxidation sites excluding steroid dienone is 1. The zero-order valence-corrected chi connectivity index (χ0v) is 9.02. The molecule has 0 saturated carbocycles. The normalized spacial score (nSPS) is 9.86. The molecule has 2 nitrogen and oxygen atoms in total. The zero-order chi connectivity index (χ0) is 10.7. The maximum atomic E-state index is 10.7. The van der Waals surface area contributed by atoms with E-state index >= 15 is 0 Å². The van der Waals surface area contributed by atoms with E-state index < -0.39 is 5.97 Å². The molecule has 0 aliphatic rings. The molecule has 0 radical (unpaired) electrons. The Hall–Kier alpha value is -1.22. The fourth-order valence-electron chi connectivity index (χ4n) is 1.17. The van der Waals surface area contributed by atoms with E-state index in [2.05, 4.69) is 6.58 Å². The van der Waals surface area contributed by atoms with Crippen molar-refractivity contribution < 1.29 is 9.90 Å². The second-order valence-electron chi connectivity index (χ2n) is 3.00. The van der Waals surface area contributed by atoms with Crippen LogP contribution >= 0.6 is 11.8 Å². The maximum Gasteiger partial charge on any atom is 0.335 e. The van der Waals surface area contributed by atoms with Crippen LogP contribution in [-0.4, -0.2) is 17.3 Å². The van der Waals surface area contributed by atoms with Gasteiger partial charge in [0.1, 0.15) is 0 Å². The Morgan fingerprint density at radius 3 is 2.57 bits per heavy atom. The van der Waals surface area contributed by atoms with Gasteiger partial charge >= 0.3 is 5.97 Å². The van der Waals surface area contributed by atoms with Gasteiger partial charge in [-0.25, -0.2) is 4.79 Å². The van der Waals surface area contributed by atoms with Gasteiger partial charge in [0.05, 0.1) is 5.56 Å². The molecule has 1 rings (SSSR count). The first-order valence-corrected chi connectivity index (χ1v) is 5.36. The molecule has 1 N–H and O–H groups in total. The van der Waals surface area contributed by atoms with E-state index in [1.165, 1.54) is 0 Å². The van der Waals surface area contributed by atoms with Crippen LogP contribution in [0.15, 0.2) is 29.7 Å². The summed E-state index contributed by atoms with van der Waals surface area (Å²) in [7, 11) is 0. The summed E-state index contributed by atoms with van der Waals surface area (Å²) in [4.78, 5) is 11.8. The van der Waals surface area contributed by atoms with Crippen molar-refractivity contribution >= 4 is 23.3 Å². The minimum Gasteiger partial charge on any atom is -0.478 e. The van der Waals surface area contributed by atoms with Crippen LogP contribution < -0.4 is 0 Å². The van der Waals surface area contributed by atoms with E-state index in [0.717, 1.165) is 16.0 Å². The largest absolute Gasteiger partial charge is 0.478 e. The average molecular weight is 208 g/mol. The molecule has 0 bridgehead atoms. The van der Waals surface area contributed by atoms with Crippen LogP contribution in [0, 0.1) is 0 Å². The number of hydrogen-bond donors (Lipinski definition) is 1. The predicted molar refractivity (Wildman–Crippen MR) is 59.9 cm³/mol. The van der Waals surface area contributed by atoms with Gasteiger partial charge in [-0.05, 0) is 42.5 Å². The summed E-state index contributed by atoms with van der Waals surface area (Å²) in [6, 6.07) is 5.09. The molecule has 0 fully saturated rings. The van der Waals surface area contributed by atoms with Crippen molar-refractivity contribution in [2.75, 3.05) is 6.26 Å². The van der Waals surface area contributed by atoms with Crippen molar-refractivity contribution in [2.45, 2.75) is 11.8 Å². The summed E-state index contributed by atoms with van der Waals surface area (Å²) >= 11 is 1.59. The molecule has 1 aromatic carbocycles. The number of hydrogen-bond acceptors (Lipinski definition) is 2. The molecule has 0 heterocycles. The monoisotopic (exact) mass is 208 g/mol. The SMILES string of the molecule is C=C(C)c1cc(C(=O)O)ccc1SC. The lowest BCUT2D eigenvalue weighted by Crippen LogP contribution is -1.97. The molecule has 0 amide bonds. The van der Waals surface area contributed by atoms with E-state index in [1.807, 2.05) is 19.2 Å². The highest BCUT2D eigenvalue weighted by Crippen LogP contribution is 2.26. The van der Waals surface area contributed by atoms with Gasteiger partial charge in [0.25, 0.3) is 0 Å². The number of carbonyl (C=O) groups is 1. The van der Waals surface area contributed by atoms with Gasteiger partial charge in [0.2, 0.25) is 0 Å². The lowest BCUT2D eigenvalue weighted by Gasteiger charge is -2.07. The van der Waals surface area contributed by atoms with Crippen LogP contribution in [0.25, 0.3) is 5.57 Å². The van der Waals surface area contributed by atoms with Gasteiger partial charge in [-0.15, -0.1) is 11.8 Å². The summed E-state index contributed by atoms with van der Waals surface area (Å²) in [5, 5.41) is 8.82. The molecule has 0 spiro atoms. The Labute approximate surface area is 87.6 Å². The minimum absolute atomic E-state index is 0.306. The van der Waals surface area contributed by atoms with E-state index in [4.69, 9.17) is 5.11 Å². The second kappa shape index (κ2) is 4.33. The fourth-order valence-corrected chi connectivity index (χ4v) is 1.83. The Morgan fingerprint density at radius 1 is 1.50 bits per heavy atom. The van der Waals surface area contributed by atoms with Crippen LogP contribution in [0.1, 0.15) is 22.8 Å². The second-order valence-corrected chi connectivity index (χ2v) is 3.85. The highest BCUT2D eigenvalue weighted by atomic mass is 32.2. The number of thioether (sulfide) groups is 1. The number of benzene rings is 1. The van der Waals surface area contributed by atoms with Crippen LogP contribution in [0.4, 0.5) is 0 Å². The van der Waals surface area contributed by atoms with E-state index in [-0.39, 0.29) is 0 Å². The Kier molecular flexibility index (Phi) is 3.36. The summed E-state index contributed by atoms with van der Waals surface area (Å²) in [6.07, 6.45) is 1.96. The topological polar surface area (TPSA) is 37.3 Å². The summed E-state index contributed by atoms with van der Waals surface area (Å²) in [5.41, 5.74) is 2.11. The van der Waals surface area contributed by atoms with Crippen LogP contribution in [-0.2, 0) is 0 Å². The molecule has 0 aliphatic heterocycles. The molecule has 0 saturated heterocycles. The van der Waals surface area contributed by atoms with Crippen molar-refractivity contribution in [3.63, 3.8) is 0 Å². The molecule has 1 aromatic rings. The predicted octanol–water partition coefficient (Wildman–Crippen LogP) is 3.14. The van der Waals surface area contributed by atoms with Gasteiger partial charge in [-0.2, -0.15) is 0 Å². The van der Waals surface area contributed by atoms with E-state index in [1.54, 1.807) is 23.9 Å². The molecule has 0 unspecified atom stereocenters. The number of carboxylic acids is 1. The third-order valence-corrected chi connectivity index (χ3v) is 2.70. The van der Waals surface area contributed by atoms with Crippen molar-refractivity contribution in [1.29, 1.82) is 0 Å². The third kappa shape index (κ3) is 2.17. The van der Waals surface area contributed by atoms with Gasteiger partial charge < -0.3 is 5.11 Å². The number of aromatic carboxylic acids is 1. The molecular formula is C11H12O2S. The van der Waals surface area contributed by atoms with Crippen molar-refractivity contribution in [3.05, 3.63) is 35.9 Å². The quantitative estimate of drug-likeness (QED) is 0.775. The fraction of sp³-hybridized carbons (Fsp3) is 0.182. The summed E-state index contributed by atoms with van der Waals surface area (Å²) in [6.45, 7) is 5.70. The average Bonchev–Trinajstić information content (AvgIpc) is 2.16. The van der Waals surface area contributed by atoms with Gasteiger partial charge in [0.15, 0.2) is 0 Å². The van der Waals surface area contributed by atoms with Gasteiger partial charge in [-0.3, -0.25) is 0 Å². The molecule has 3 heteroatoms. The molecule has 14 heavy (non-hydrogen) atoms. The molecule has 74 valence electrons. The zero-order valence-electron chi connectivity index (χ0n) is 8.20. The summed E-state index contributed by atoms with van der Waals surface area (Å²) < 4.78 is 0. The van der Waals surface area contributed by atoms with Crippen molar-refractivity contribution in [1.82, 2.24) is 0 Å². The smallest absolute Gasteiger partial charge is 0.335 e. The first kappa shape index (κ1) is 10.9. The first-order valence-electron chi connectivity index (χ1n) is 4.13. The molecule has 0 aromatic heterocycles. The van der Waals surface area contributed by atoms with Crippen LogP contribution in [0.2, 0.25) is 0 Å². The highest BCUT2D eigenvalue weighted by Gasteiger charge is 2.07. The number of carboxylic acid groups (broad SMARTS) is 1. The first-order chi connectivity index (χ1) is 6.56. The summed E-state index contributed by atoms with van der Waals surface area (Å²) in [5.74, 6) is -0.903. The molecule has 0 aliphatic carbocycles. The van der Waals surface area contributed by atoms with Gasteiger partial charge in [0, 0.05) is 4.90 Å². The van der Waals surface area contributed by atoms with Crippen LogP contribution in [0.5, 0.6) is 0 Å². The van der Waals surface area contributed by atoms with Gasteiger partial charge in [-0.1, -0.05) is 6.58 Å². The Bertz CT molecular complexity index is 383. The molecular weight excluding hydrogens is 196 g/mol. The van der Waals surface area contributed by atoms with Crippen LogP contribution in [0.3, 0.4) is 0 Å². The molecule has 0 atom stereocenters. The standard InChI is InChI=1S/C11H12O2S/c1-7(2)9-6-8(11(12)13)4-5-10(9)14-3/h4-6H,1H2,2-3H3,(H,12,13). The van der Waals surface area contributed by atoms with E-state index in [9.17, 15) is 4.79 Å². The highest BCUT2D eigenvalue weighted by molar-refractivity contribution is 7.98. The lowest BCUT2D eigenvalue weighted by molar-refractivity contribution is 0.0697. The lowest BCUT2D eigenvalue weighted by atomic mass is 10.1. The Balaban J connectivity index is 3.27. The van der Waals surface area contributed by atoms with E-state index in [0.29, 0.717) is 5.56 Å². The third-order valence-electron chi connectivity index (χ3n) is 1.91. The van der Waals surface area contributed by atoms with Crippen molar-refractivity contribution in [2.24, 2.45) is 0 Å². The maximum absolute atomic E-state index is 10.7. The minimum atomic E-state index is -0.903. The van der Waals surface area contributed by atoms with Crippen molar-refractivity contribution in [3.8, 4) is 0 Å². The Morgan fingerprint density at radius 2 is 2.14 bits per heavy atom. The number of rotatable bonds is 3.